The minimum Gasteiger partial charge on any atom is -0.355 e. The van der Waals surface area contributed by atoms with Gasteiger partial charge in [0.2, 0.25) is 5.91 Å². The summed E-state index contributed by atoms with van der Waals surface area (Å²) in [7, 11) is 0. The van der Waals surface area contributed by atoms with Gasteiger partial charge in [-0.1, -0.05) is 0 Å². The van der Waals surface area contributed by atoms with Crippen LogP contribution in [0.3, 0.4) is 0 Å². The molecule has 2 N–H and O–H groups in total. The van der Waals surface area contributed by atoms with Crippen molar-refractivity contribution in [3.8, 4) is 0 Å². The zero-order valence-corrected chi connectivity index (χ0v) is 11.2. The summed E-state index contributed by atoms with van der Waals surface area (Å²) in [5, 5.41) is 7.52. The molecule has 1 aliphatic rings. The molecule has 98 valence electrons. The first-order valence-corrected chi connectivity index (χ1v) is 6.87. The van der Waals surface area contributed by atoms with Gasteiger partial charge < -0.3 is 15.5 Å². The fraction of sp³-hybridized carbons (Fsp3) is 0.500. The Morgan fingerprint density at radius 3 is 2.94 bits per heavy atom. The number of carbonyl (C=O) groups excluding carboxylic acids is 2. The first-order chi connectivity index (χ1) is 8.66. The van der Waals surface area contributed by atoms with Crippen LogP contribution in [0.15, 0.2) is 11.4 Å². The van der Waals surface area contributed by atoms with Crippen molar-refractivity contribution < 1.29 is 9.59 Å². The fourth-order valence-electron chi connectivity index (χ4n) is 1.94. The number of urea groups is 1. The van der Waals surface area contributed by atoms with E-state index in [-0.39, 0.29) is 11.9 Å². The van der Waals surface area contributed by atoms with Gasteiger partial charge in [-0.05, 0) is 23.4 Å². The molecule has 0 radical (unpaired) electrons. The molecule has 18 heavy (non-hydrogen) atoms. The maximum absolute atomic E-state index is 11.9. The number of nitrogens with zero attached hydrogens (tertiary/aromatic N) is 1. The van der Waals surface area contributed by atoms with E-state index in [0.717, 1.165) is 13.0 Å². The molecular weight excluding hydrogens is 250 g/mol. The van der Waals surface area contributed by atoms with Gasteiger partial charge in [0.1, 0.15) is 0 Å². The molecule has 0 aromatic carbocycles. The number of carbonyl (C=O) groups is 2. The minimum absolute atomic E-state index is 0.0581. The van der Waals surface area contributed by atoms with Gasteiger partial charge in [0.15, 0.2) is 0 Å². The summed E-state index contributed by atoms with van der Waals surface area (Å²) in [5.41, 5.74) is 1.25. The lowest BCUT2D eigenvalue weighted by atomic mass is 10.1. The Balaban J connectivity index is 1.75. The quantitative estimate of drug-likeness (QED) is 0.801. The Kier molecular flexibility index (Phi) is 4.19. The van der Waals surface area contributed by atoms with Crippen molar-refractivity contribution in [3.63, 3.8) is 0 Å². The third kappa shape index (κ3) is 3.22. The summed E-state index contributed by atoms with van der Waals surface area (Å²) in [5.74, 6) is -0.0786. The summed E-state index contributed by atoms with van der Waals surface area (Å²) in [6.45, 7) is 3.85. The van der Waals surface area contributed by atoms with Gasteiger partial charge in [-0.2, -0.15) is 0 Å². The summed E-state index contributed by atoms with van der Waals surface area (Å²) in [6, 6.07) is 2.02. The number of hydrogen-bond donors (Lipinski definition) is 2. The highest BCUT2D eigenvalue weighted by atomic mass is 32.1. The van der Waals surface area contributed by atoms with Crippen LogP contribution in [0.5, 0.6) is 0 Å². The molecule has 0 aliphatic carbocycles. The van der Waals surface area contributed by atoms with Crippen LogP contribution in [0.4, 0.5) is 4.79 Å². The molecule has 0 unspecified atom stereocenters. The zero-order chi connectivity index (χ0) is 13.0. The van der Waals surface area contributed by atoms with Gasteiger partial charge in [-0.3, -0.25) is 4.79 Å². The van der Waals surface area contributed by atoms with E-state index in [1.54, 1.807) is 11.3 Å². The monoisotopic (exact) mass is 267 g/mol. The number of hydrogen-bond acceptors (Lipinski definition) is 3. The van der Waals surface area contributed by atoms with E-state index in [1.165, 1.54) is 17.4 Å². The van der Waals surface area contributed by atoms with Crippen molar-refractivity contribution >= 4 is 23.3 Å². The molecule has 2 heterocycles. The SMILES string of the molecule is CC(=O)NCCNC(=O)N1CCc2sccc2C1. The lowest BCUT2D eigenvalue weighted by molar-refractivity contribution is -0.118. The van der Waals surface area contributed by atoms with Gasteiger partial charge in [0.25, 0.3) is 0 Å². The molecule has 0 saturated carbocycles. The van der Waals surface area contributed by atoms with Crippen LogP contribution >= 0.6 is 11.3 Å². The zero-order valence-electron chi connectivity index (χ0n) is 10.4. The van der Waals surface area contributed by atoms with Gasteiger partial charge in [-0.25, -0.2) is 4.79 Å². The van der Waals surface area contributed by atoms with Gasteiger partial charge in [0, 0.05) is 38.0 Å². The molecule has 0 saturated heterocycles. The van der Waals surface area contributed by atoms with Gasteiger partial charge >= 0.3 is 6.03 Å². The Bertz CT molecular complexity index is 444. The second-order valence-corrected chi connectivity index (χ2v) is 5.26. The van der Waals surface area contributed by atoms with Crippen molar-refractivity contribution in [2.75, 3.05) is 19.6 Å². The highest BCUT2D eigenvalue weighted by molar-refractivity contribution is 7.10. The molecule has 0 fully saturated rings. The molecule has 5 nitrogen and oxygen atoms in total. The Hall–Kier alpha value is -1.56. The molecule has 1 aliphatic heterocycles. The summed E-state index contributed by atoms with van der Waals surface area (Å²) in [4.78, 5) is 25.7. The minimum atomic E-state index is -0.0786. The van der Waals surface area contributed by atoms with E-state index in [2.05, 4.69) is 22.1 Å². The van der Waals surface area contributed by atoms with Crippen LogP contribution in [-0.4, -0.2) is 36.5 Å². The summed E-state index contributed by atoms with van der Waals surface area (Å²) in [6.07, 6.45) is 0.937. The second-order valence-electron chi connectivity index (χ2n) is 4.26. The van der Waals surface area contributed by atoms with Crippen molar-refractivity contribution in [1.82, 2.24) is 15.5 Å². The lowest BCUT2D eigenvalue weighted by Crippen LogP contribution is -2.44. The van der Waals surface area contributed by atoms with Crippen molar-refractivity contribution in [2.45, 2.75) is 19.9 Å². The summed E-state index contributed by atoms with van der Waals surface area (Å²) >= 11 is 1.76. The number of nitrogens with one attached hydrogen (secondary N) is 2. The van der Waals surface area contributed by atoms with Gasteiger partial charge in [0.05, 0.1) is 0 Å². The van der Waals surface area contributed by atoms with Crippen molar-refractivity contribution in [2.24, 2.45) is 0 Å². The number of thiophene rings is 1. The number of rotatable bonds is 3. The Morgan fingerprint density at radius 1 is 1.39 bits per heavy atom. The highest BCUT2D eigenvalue weighted by Gasteiger charge is 2.20. The van der Waals surface area contributed by atoms with Gasteiger partial charge in [-0.15, -0.1) is 11.3 Å². The predicted octanol–water partition coefficient (Wildman–Crippen LogP) is 0.952. The van der Waals surface area contributed by atoms with Crippen LogP contribution in [0.1, 0.15) is 17.4 Å². The average Bonchev–Trinajstić information content (AvgIpc) is 2.81. The normalized spacial score (nSPS) is 13.9. The number of amides is 3. The lowest BCUT2D eigenvalue weighted by Gasteiger charge is -2.27. The summed E-state index contributed by atoms with van der Waals surface area (Å²) < 4.78 is 0. The smallest absolute Gasteiger partial charge is 0.317 e. The van der Waals surface area contributed by atoms with E-state index in [0.29, 0.717) is 19.6 Å². The molecule has 1 aromatic heterocycles. The Labute approximate surface area is 110 Å². The third-order valence-corrected chi connectivity index (χ3v) is 3.89. The molecular formula is C12H17N3O2S. The molecule has 0 atom stereocenters. The maximum Gasteiger partial charge on any atom is 0.317 e. The van der Waals surface area contributed by atoms with Crippen LogP contribution < -0.4 is 10.6 Å². The van der Waals surface area contributed by atoms with Crippen LogP contribution in [-0.2, 0) is 17.8 Å². The fourth-order valence-corrected chi connectivity index (χ4v) is 2.83. The van der Waals surface area contributed by atoms with E-state index in [1.807, 2.05) is 4.90 Å². The molecule has 3 amide bonds. The predicted molar refractivity (Wildman–Crippen MR) is 70.5 cm³/mol. The topological polar surface area (TPSA) is 61.4 Å². The van der Waals surface area contributed by atoms with E-state index in [9.17, 15) is 9.59 Å². The van der Waals surface area contributed by atoms with Crippen LogP contribution in [0.25, 0.3) is 0 Å². The average molecular weight is 267 g/mol. The standard InChI is InChI=1S/C12H17N3O2S/c1-9(16)13-4-5-14-12(17)15-6-2-11-10(8-15)3-7-18-11/h3,7H,2,4-6,8H2,1H3,(H,13,16)(H,14,17). The van der Waals surface area contributed by atoms with E-state index in [4.69, 9.17) is 0 Å². The van der Waals surface area contributed by atoms with Crippen molar-refractivity contribution in [3.05, 3.63) is 21.9 Å². The molecule has 6 heteroatoms. The first-order valence-electron chi connectivity index (χ1n) is 5.99. The third-order valence-electron chi connectivity index (χ3n) is 2.87. The molecule has 2 rings (SSSR count). The largest absolute Gasteiger partial charge is 0.355 e. The second kappa shape index (κ2) is 5.86. The van der Waals surface area contributed by atoms with E-state index >= 15 is 0 Å². The van der Waals surface area contributed by atoms with Crippen LogP contribution in [0, 0.1) is 0 Å². The van der Waals surface area contributed by atoms with Crippen molar-refractivity contribution in [1.29, 1.82) is 0 Å². The first kappa shape index (κ1) is 12.9. The molecule has 1 aromatic rings. The molecule has 0 spiro atoms. The number of fused-ring (bicyclic) bond motifs is 1. The van der Waals surface area contributed by atoms with Crippen LogP contribution in [0.2, 0.25) is 0 Å². The molecule has 0 bridgehead atoms. The van der Waals surface area contributed by atoms with E-state index < -0.39 is 0 Å². The maximum atomic E-state index is 11.9. The Morgan fingerprint density at radius 2 is 2.17 bits per heavy atom. The highest BCUT2D eigenvalue weighted by Crippen LogP contribution is 2.23.